The van der Waals surface area contributed by atoms with Gasteiger partial charge < -0.3 is 14.2 Å². The largest absolute Gasteiger partial charge is 0.462 e. The zero-order chi connectivity index (χ0) is 45.1. The van der Waals surface area contributed by atoms with Crippen molar-refractivity contribution in [2.75, 3.05) is 13.2 Å². The van der Waals surface area contributed by atoms with E-state index in [0.29, 0.717) is 19.3 Å². The predicted octanol–water partition coefficient (Wildman–Crippen LogP) is 17.7. The minimum Gasteiger partial charge on any atom is -0.462 e. The summed E-state index contributed by atoms with van der Waals surface area (Å²) in [5.41, 5.74) is 0. The lowest BCUT2D eigenvalue weighted by atomic mass is 10.0. The second-order valence-corrected chi connectivity index (χ2v) is 18.1. The zero-order valence-electron chi connectivity index (χ0n) is 41.4. The van der Waals surface area contributed by atoms with Crippen LogP contribution in [0.2, 0.25) is 0 Å². The van der Waals surface area contributed by atoms with Gasteiger partial charge in [0.1, 0.15) is 13.2 Å². The quantitative estimate of drug-likeness (QED) is 0.0262. The van der Waals surface area contributed by atoms with Crippen LogP contribution in [0.3, 0.4) is 0 Å². The van der Waals surface area contributed by atoms with E-state index in [1.165, 1.54) is 161 Å². The van der Waals surface area contributed by atoms with Crippen molar-refractivity contribution in [1.29, 1.82) is 0 Å². The van der Waals surface area contributed by atoms with E-state index in [4.69, 9.17) is 14.2 Å². The molecule has 6 heteroatoms. The highest BCUT2D eigenvalue weighted by Crippen LogP contribution is 2.17. The van der Waals surface area contributed by atoms with Crippen LogP contribution < -0.4 is 0 Å². The average molecular weight is 871 g/mol. The highest BCUT2D eigenvalue weighted by atomic mass is 16.6. The molecule has 0 spiro atoms. The Bertz CT molecular complexity index is 1050. The van der Waals surface area contributed by atoms with Gasteiger partial charge in [-0.05, 0) is 51.4 Å². The maximum atomic E-state index is 12.8. The van der Waals surface area contributed by atoms with Gasteiger partial charge in [-0.25, -0.2) is 0 Å². The fourth-order valence-corrected chi connectivity index (χ4v) is 7.87. The molecule has 1 atom stereocenters. The summed E-state index contributed by atoms with van der Waals surface area (Å²) in [5.74, 6) is -0.880. The van der Waals surface area contributed by atoms with Crippen molar-refractivity contribution in [1.82, 2.24) is 0 Å². The number of allylic oxidation sites excluding steroid dienone is 6. The van der Waals surface area contributed by atoms with Crippen molar-refractivity contribution in [3.05, 3.63) is 36.5 Å². The molecule has 0 radical (unpaired) electrons. The third-order valence-corrected chi connectivity index (χ3v) is 11.9. The van der Waals surface area contributed by atoms with Crippen molar-refractivity contribution in [3.63, 3.8) is 0 Å². The van der Waals surface area contributed by atoms with Crippen molar-refractivity contribution in [3.8, 4) is 0 Å². The summed E-state index contributed by atoms with van der Waals surface area (Å²) in [6.45, 7) is 6.49. The maximum Gasteiger partial charge on any atom is 0.306 e. The van der Waals surface area contributed by atoms with Gasteiger partial charge >= 0.3 is 17.9 Å². The van der Waals surface area contributed by atoms with Crippen LogP contribution in [0.4, 0.5) is 0 Å². The summed E-state index contributed by atoms with van der Waals surface area (Å²) in [6.07, 6.45) is 60.2. The minimum absolute atomic E-state index is 0.0728. The highest BCUT2D eigenvalue weighted by Gasteiger charge is 2.19. The molecule has 1 unspecified atom stereocenters. The summed E-state index contributed by atoms with van der Waals surface area (Å²) < 4.78 is 16.7. The van der Waals surface area contributed by atoms with Crippen molar-refractivity contribution in [2.24, 2.45) is 0 Å². The first-order valence-corrected chi connectivity index (χ1v) is 27.0. The van der Waals surface area contributed by atoms with Crippen LogP contribution in [0, 0.1) is 0 Å². The van der Waals surface area contributed by atoms with Crippen molar-refractivity contribution >= 4 is 17.9 Å². The number of unbranched alkanes of at least 4 members (excludes halogenated alkanes) is 32. The van der Waals surface area contributed by atoms with E-state index in [1.54, 1.807) is 0 Å². The molecule has 6 nitrogen and oxygen atoms in total. The lowest BCUT2D eigenvalue weighted by Crippen LogP contribution is -2.30. The lowest BCUT2D eigenvalue weighted by Gasteiger charge is -2.18. The standard InChI is InChI=1S/C56H102O6/c1-4-7-10-13-16-18-20-22-24-26-27-28-29-31-32-34-36-38-40-43-46-49-55(58)61-52-53(51-60-54(57)48-45-42-15-12-9-6-3)62-56(59)50-47-44-41-39-37-35-33-30-25-23-21-19-17-14-11-8-5-2/h8,11,17,19,23,25,53H,4-7,9-10,12-16,18,20-22,24,26-52H2,1-3H3/b11-8-,19-17-,25-23-. The minimum atomic E-state index is -0.771. The van der Waals surface area contributed by atoms with Gasteiger partial charge in [0.15, 0.2) is 6.10 Å². The topological polar surface area (TPSA) is 78.9 Å². The Labute approximate surface area is 385 Å². The molecule has 0 aliphatic carbocycles. The molecule has 362 valence electrons. The first-order valence-electron chi connectivity index (χ1n) is 27.0. The van der Waals surface area contributed by atoms with Crippen LogP contribution in [-0.2, 0) is 28.6 Å². The normalized spacial score (nSPS) is 12.2. The van der Waals surface area contributed by atoms with E-state index in [0.717, 1.165) is 83.5 Å². The first-order chi connectivity index (χ1) is 30.5. The van der Waals surface area contributed by atoms with E-state index in [1.807, 2.05) is 0 Å². The number of hydrogen-bond acceptors (Lipinski definition) is 6. The molecule has 0 aliphatic rings. The average Bonchev–Trinajstić information content (AvgIpc) is 3.27. The molecule has 0 bridgehead atoms. The van der Waals surface area contributed by atoms with Gasteiger partial charge in [-0.1, -0.05) is 250 Å². The fraction of sp³-hybridized carbons (Fsp3) is 0.839. The molecule has 0 fully saturated rings. The number of esters is 3. The molecular formula is C56H102O6. The number of carbonyl (C=O) groups excluding carboxylic acids is 3. The van der Waals surface area contributed by atoms with Crippen LogP contribution in [0.5, 0.6) is 0 Å². The Balaban J connectivity index is 4.14. The molecule has 0 N–H and O–H groups in total. The Hall–Kier alpha value is -2.37. The van der Waals surface area contributed by atoms with Crippen LogP contribution in [0.1, 0.15) is 284 Å². The van der Waals surface area contributed by atoms with Gasteiger partial charge in [0, 0.05) is 19.3 Å². The third kappa shape index (κ3) is 48.7. The van der Waals surface area contributed by atoms with Crippen LogP contribution >= 0.6 is 0 Å². The van der Waals surface area contributed by atoms with Gasteiger partial charge in [-0.2, -0.15) is 0 Å². The Morgan fingerprint density at radius 3 is 0.984 bits per heavy atom. The number of carbonyl (C=O) groups is 3. The summed E-state index contributed by atoms with van der Waals surface area (Å²) in [7, 11) is 0. The van der Waals surface area contributed by atoms with Crippen LogP contribution in [0.25, 0.3) is 0 Å². The van der Waals surface area contributed by atoms with E-state index in [2.05, 4.69) is 57.2 Å². The summed E-state index contributed by atoms with van der Waals surface area (Å²) >= 11 is 0. The second kappa shape index (κ2) is 51.3. The Morgan fingerprint density at radius 1 is 0.339 bits per heavy atom. The smallest absolute Gasteiger partial charge is 0.306 e. The zero-order valence-corrected chi connectivity index (χ0v) is 41.4. The SMILES string of the molecule is CC/C=C\C/C=C\C/C=C\CCCCCCCCCC(=O)OC(COC(=O)CCCCCCCC)COC(=O)CCCCCCCCCCCCCCCCCCCCCCC. The summed E-state index contributed by atoms with van der Waals surface area (Å²) in [6, 6.07) is 0. The molecule has 0 rings (SSSR count). The number of ether oxygens (including phenoxy) is 3. The van der Waals surface area contributed by atoms with Crippen LogP contribution in [0.15, 0.2) is 36.5 Å². The molecule has 0 saturated heterocycles. The molecule has 0 aromatic heterocycles. The van der Waals surface area contributed by atoms with Crippen LogP contribution in [-0.4, -0.2) is 37.2 Å². The van der Waals surface area contributed by atoms with Crippen molar-refractivity contribution < 1.29 is 28.6 Å². The molecule has 0 heterocycles. The van der Waals surface area contributed by atoms with E-state index < -0.39 is 6.10 Å². The summed E-state index contributed by atoms with van der Waals surface area (Å²) in [4.78, 5) is 37.8. The van der Waals surface area contributed by atoms with Gasteiger partial charge in [-0.3, -0.25) is 14.4 Å². The predicted molar refractivity (Wildman–Crippen MR) is 266 cm³/mol. The number of hydrogen-bond donors (Lipinski definition) is 0. The first kappa shape index (κ1) is 59.6. The van der Waals surface area contributed by atoms with Gasteiger partial charge in [0.25, 0.3) is 0 Å². The highest BCUT2D eigenvalue weighted by molar-refractivity contribution is 5.71. The van der Waals surface area contributed by atoms with E-state index >= 15 is 0 Å². The molecule has 0 saturated carbocycles. The molecule has 0 aromatic carbocycles. The Morgan fingerprint density at radius 2 is 0.629 bits per heavy atom. The second-order valence-electron chi connectivity index (χ2n) is 18.1. The van der Waals surface area contributed by atoms with E-state index in [-0.39, 0.29) is 31.1 Å². The van der Waals surface area contributed by atoms with Gasteiger partial charge in [-0.15, -0.1) is 0 Å². The molecule has 0 aromatic rings. The molecule has 62 heavy (non-hydrogen) atoms. The maximum absolute atomic E-state index is 12.8. The molecule has 0 amide bonds. The fourth-order valence-electron chi connectivity index (χ4n) is 7.87. The Kier molecular flexibility index (Phi) is 49.3. The molecular weight excluding hydrogens is 769 g/mol. The number of rotatable bonds is 49. The molecule has 0 aliphatic heterocycles. The lowest BCUT2D eigenvalue weighted by molar-refractivity contribution is -0.167. The van der Waals surface area contributed by atoms with Gasteiger partial charge in [0.2, 0.25) is 0 Å². The van der Waals surface area contributed by atoms with E-state index in [9.17, 15) is 14.4 Å². The monoisotopic (exact) mass is 871 g/mol. The van der Waals surface area contributed by atoms with Crippen molar-refractivity contribution in [2.45, 2.75) is 290 Å². The van der Waals surface area contributed by atoms with Gasteiger partial charge in [0.05, 0.1) is 0 Å². The third-order valence-electron chi connectivity index (χ3n) is 11.9. The summed E-state index contributed by atoms with van der Waals surface area (Å²) in [5, 5.41) is 0.